The van der Waals surface area contributed by atoms with Crippen LogP contribution in [0.4, 0.5) is 0 Å². The number of hydrogen-bond acceptors (Lipinski definition) is 2. The third-order valence-electron chi connectivity index (χ3n) is 1.83. The van der Waals surface area contributed by atoms with Crippen molar-refractivity contribution in [1.82, 2.24) is 5.32 Å². The summed E-state index contributed by atoms with van der Waals surface area (Å²) in [6, 6.07) is 0. The normalized spacial score (nSPS) is 24.5. The molecule has 0 saturated carbocycles. The van der Waals surface area contributed by atoms with E-state index in [1.165, 1.54) is 0 Å². The van der Waals surface area contributed by atoms with Crippen molar-refractivity contribution in [2.75, 3.05) is 19.7 Å². The molecule has 1 N–H and O–H groups in total. The largest absolute Gasteiger partial charge is 0.376 e. The lowest BCUT2D eigenvalue weighted by molar-refractivity contribution is 0.0227. The summed E-state index contributed by atoms with van der Waals surface area (Å²) in [6.45, 7) is 2.78. The smallest absolute Gasteiger partial charge is 0.0700 e. The van der Waals surface area contributed by atoms with Gasteiger partial charge in [0.2, 0.25) is 0 Å². The Labute approximate surface area is 68.3 Å². The molecule has 1 aliphatic heterocycles. The highest BCUT2D eigenvalue weighted by atomic mass is 16.5. The van der Waals surface area contributed by atoms with Crippen LogP contribution in [0.3, 0.4) is 0 Å². The summed E-state index contributed by atoms with van der Waals surface area (Å²) in [5, 5.41) is 3.27. The molecule has 0 spiro atoms. The monoisotopic (exact) mass is 152 g/mol. The summed E-state index contributed by atoms with van der Waals surface area (Å²) in [6.07, 6.45) is 9.93. The van der Waals surface area contributed by atoms with E-state index in [-0.39, 0.29) is 0 Å². The van der Waals surface area contributed by atoms with Gasteiger partial charge in [-0.3, -0.25) is 0 Å². The maximum Gasteiger partial charge on any atom is 0.0700 e. The number of rotatable bonds is 3. The Bertz CT molecular complexity index is 133. The topological polar surface area (TPSA) is 21.3 Å². The first kappa shape index (κ1) is 8.58. The van der Waals surface area contributed by atoms with Crippen molar-refractivity contribution in [3.63, 3.8) is 0 Å². The molecule has 0 aliphatic carbocycles. The number of hydrogen-bond donors (Lipinski definition) is 1. The zero-order valence-corrected chi connectivity index (χ0v) is 6.73. The molecule has 61 valence electrons. The van der Waals surface area contributed by atoms with Crippen LogP contribution in [0.1, 0.15) is 19.3 Å². The molecule has 1 unspecified atom stereocenters. The van der Waals surface area contributed by atoms with Gasteiger partial charge in [0.25, 0.3) is 0 Å². The van der Waals surface area contributed by atoms with E-state index in [4.69, 9.17) is 11.2 Å². The number of morpholine rings is 1. The van der Waals surface area contributed by atoms with Crippen LogP contribution in [0.15, 0.2) is 0 Å². The summed E-state index contributed by atoms with van der Waals surface area (Å²) in [5.41, 5.74) is 0. The van der Waals surface area contributed by atoms with Crippen molar-refractivity contribution in [3.8, 4) is 5.92 Å². The summed E-state index contributed by atoms with van der Waals surface area (Å²) >= 11 is 0. The fourth-order valence-corrected chi connectivity index (χ4v) is 1.22. The third kappa shape index (κ3) is 3.41. The van der Waals surface area contributed by atoms with Crippen molar-refractivity contribution in [3.05, 3.63) is 6.42 Å². The van der Waals surface area contributed by atoms with Gasteiger partial charge in [0.1, 0.15) is 0 Å². The second-order valence-corrected chi connectivity index (χ2v) is 2.77. The first-order valence-corrected chi connectivity index (χ1v) is 4.15. The number of unbranched alkanes of at least 4 members (excludes halogenated alkanes) is 1. The molecule has 2 heteroatoms. The molecule has 1 heterocycles. The highest BCUT2D eigenvalue weighted by Gasteiger charge is 2.11. The van der Waals surface area contributed by atoms with E-state index in [0.29, 0.717) is 6.10 Å². The Morgan fingerprint density at radius 3 is 3.18 bits per heavy atom. The lowest BCUT2D eigenvalue weighted by Gasteiger charge is -2.23. The van der Waals surface area contributed by atoms with E-state index in [9.17, 15) is 0 Å². The Kier molecular flexibility index (Phi) is 4.03. The SMILES string of the molecule is [C]#CCCCC1CNCCO1. The Morgan fingerprint density at radius 1 is 1.64 bits per heavy atom. The fraction of sp³-hybridized carbons (Fsp3) is 0.778. The molecule has 11 heavy (non-hydrogen) atoms. The highest BCUT2D eigenvalue weighted by molar-refractivity contribution is 4.76. The summed E-state index contributed by atoms with van der Waals surface area (Å²) in [7, 11) is 0. The van der Waals surface area contributed by atoms with E-state index in [1.54, 1.807) is 0 Å². The van der Waals surface area contributed by atoms with Crippen LogP contribution >= 0.6 is 0 Å². The molecular formula is C9H14NO. The fourth-order valence-electron chi connectivity index (χ4n) is 1.22. The molecule has 2 nitrogen and oxygen atoms in total. The minimum absolute atomic E-state index is 0.372. The molecule has 1 saturated heterocycles. The lowest BCUT2D eigenvalue weighted by Crippen LogP contribution is -2.38. The maximum atomic E-state index is 6.71. The zero-order chi connectivity index (χ0) is 7.94. The van der Waals surface area contributed by atoms with Gasteiger partial charge >= 0.3 is 0 Å². The van der Waals surface area contributed by atoms with Crippen LogP contribution in [0, 0.1) is 12.3 Å². The first-order valence-electron chi connectivity index (χ1n) is 4.15. The van der Waals surface area contributed by atoms with E-state index < -0.39 is 0 Å². The molecule has 1 radical (unpaired) electrons. The van der Waals surface area contributed by atoms with Crippen LogP contribution in [0.5, 0.6) is 0 Å². The molecule has 1 atom stereocenters. The van der Waals surface area contributed by atoms with Crippen molar-refractivity contribution in [2.45, 2.75) is 25.4 Å². The summed E-state index contributed by atoms with van der Waals surface area (Å²) in [4.78, 5) is 0. The van der Waals surface area contributed by atoms with Gasteiger partial charge in [-0.2, -0.15) is 0 Å². The van der Waals surface area contributed by atoms with Crippen LogP contribution in [0.2, 0.25) is 0 Å². The van der Waals surface area contributed by atoms with E-state index in [2.05, 4.69) is 11.2 Å². The maximum absolute atomic E-state index is 6.71. The molecule has 0 aromatic heterocycles. The molecule has 0 aromatic carbocycles. The molecular weight excluding hydrogens is 138 g/mol. The molecule has 0 bridgehead atoms. The van der Waals surface area contributed by atoms with Crippen LogP contribution in [-0.4, -0.2) is 25.8 Å². The van der Waals surface area contributed by atoms with Gasteiger partial charge < -0.3 is 10.1 Å². The van der Waals surface area contributed by atoms with E-state index >= 15 is 0 Å². The number of ether oxygens (including phenoxy) is 1. The molecule has 1 rings (SSSR count). The van der Waals surface area contributed by atoms with E-state index in [0.717, 1.165) is 39.0 Å². The molecule has 1 fully saturated rings. The molecule has 1 aliphatic rings. The predicted molar refractivity (Wildman–Crippen MR) is 43.6 cm³/mol. The van der Waals surface area contributed by atoms with Gasteiger partial charge in [0.05, 0.1) is 12.7 Å². The minimum Gasteiger partial charge on any atom is -0.376 e. The first-order chi connectivity index (χ1) is 5.43. The molecule has 0 aromatic rings. The third-order valence-corrected chi connectivity index (χ3v) is 1.83. The minimum atomic E-state index is 0.372. The average molecular weight is 152 g/mol. The van der Waals surface area contributed by atoms with E-state index in [1.807, 2.05) is 0 Å². The standard InChI is InChI=1S/C9H14NO/c1-2-3-4-5-9-8-10-6-7-11-9/h9-10H,3-8H2. The number of nitrogens with one attached hydrogen (secondary N) is 1. The van der Waals surface area contributed by atoms with Gasteiger partial charge in [-0.05, 0) is 19.3 Å². The van der Waals surface area contributed by atoms with Crippen LogP contribution < -0.4 is 5.32 Å². The Hall–Kier alpha value is -0.520. The van der Waals surface area contributed by atoms with Gasteiger partial charge in [0.15, 0.2) is 0 Å². The lowest BCUT2D eigenvalue weighted by atomic mass is 10.1. The van der Waals surface area contributed by atoms with Crippen molar-refractivity contribution in [1.29, 1.82) is 0 Å². The van der Waals surface area contributed by atoms with Gasteiger partial charge in [-0.1, -0.05) is 5.92 Å². The quantitative estimate of drug-likeness (QED) is 0.475. The van der Waals surface area contributed by atoms with Crippen molar-refractivity contribution < 1.29 is 4.74 Å². The van der Waals surface area contributed by atoms with Gasteiger partial charge in [0, 0.05) is 19.5 Å². The summed E-state index contributed by atoms with van der Waals surface area (Å²) in [5.74, 6) is 2.38. The zero-order valence-electron chi connectivity index (χ0n) is 6.73. The second-order valence-electron chi connectivity index (χ2n) is 2.77. The van der Waals surface area contributed by atoms with Crippen molar-refractivity contribution >= 4 is 0 Å². The van der Waals surface area contributed by atoms with Crippen LogP contribution in [-0.2, 0) is 4.74 Å². The van der Waals surface area contributed by atoms with Crippen LogP contribution in [0.25, 0.3) is 0 Å². The summed E-state index contributed by atoms with van der Waals surface area (Å²) < 4.78 is 5.47. The van der Waals surface area contributed by atoms with Crippen molar-refractivity contribution in [2.24, 2.45) is 0 Å². The second kappa shape index (κ2) is 5.17. The van der Waals surface area contributed by atoms with Gasteiger partial charge in [-0.25, -0.2) is 0 Å². The highest BCUT2D eigenvalue weighted by Crippen LogP contribution is 2.05. The average Bonchev–Trinajstić information content (AvgIpc) is 2.07. The predicted octanol–water partition coefficient (Wildman–Crippen LogP) is 0.735. The van der Waals surface area contributed by atoms with Gasteiger partial charge in [-0.15, -0.1) is 0 Å². The molecule has 0 amide bonds. The Morgan fingerprint density at radius 2 is 2.55 bits per heavy atom. The Balaban J connectivity index is 2.01.